The topological polar surface area (TPSA) is 83.4 Å². The van der Waals surface area contributed by atoms with Gasteiger partial charge >= 0.3 is 5.97 Å². The highest BCUT2D eigenvalue weighted by molar-refractivity contribution is 6.09. The predicted molar refractivity (Wildman–Crippen MR) is 115 cm³/mol. The van der Waals surface area contributed by atoms with E-state index in [-0.39, 0.29) is 18.5 Å². The Labute approximate surface area is 182 Å². The van der Waals surface area contributed by atoms with Crippen molar-refractivity contribution >= 4 is 17.5 Å². The van der Waals surface area contributed by atoms with Crippen LogP contribution in [0.15, 0.2) is 34.5 Å². The molecule has 1 saturated heterocycles. The van der Waals surface area contributed by atoms with Crippen LogP contribution in [0.1, 0.15) is 50.5 Å². The van der Waals surface area contributed by atoms with Gasteiger partial charge in [-0.2, -0.15) is 0 Å². The molecule has 7 nitrogen and oxygen atoms in total. The van der Waals surface area contributed by atoms with Gasteiger partial charge < -0.3 is 18.9 Å². The summed E-state index contributed by atoms with van der Waals surface area (Å²) < 4.78 is 22.4. The lowest BCUT2D eigenvalue weighted by molar-refractivity contribution is -0.149. The highest BCUT2D eigenvalue weighted by Gasteiger charge is 2.44. The molecule has 0 amide bonds. The predicted octanol–water partition coefficient (Wildman–Crippen LogP) is 3.61. The molecule has 166 valence electrons. The number of rotatable bonds is 6. The molecule has 4 rings (SSSR count). The number of allylic oxidation sites excluding steroid dienone is 2. The number of aliphatic imine (C=N–C) groups is 1. The van der Waals surface area contributed by atoms with Gasteiger partial charge in [-0.05, 0) is 38.7 Å². The number of ether oxygens (including phenoxy) is 4. The molecule has 1 aromatic rings. The summed E-state index contributed by atoms with van der Waals surface area (Å²) in [6, 6.07) is 5.53. The summed E-state index contributed by atoms with van der Waals surface area (Å²) in [5.74, 6) is -0.518. The molecule has 1 aromatic carbocycles. The molecule has 2 aliphatic heterocycles. The van der Waals surface area contributed by atoms with Gasteiger partial charge in [0.15, 0.2) is 17.3 Å². The summed E-state index contributed by atoms with van der Waals surface area (Å²) >= 11 is 0. The van der Waals surface area contributed by atoms with Crippen molar-refractivity contribution in [2.45, 2.75) is 51.0 Å². The lowest BCUT2D eigenvalue weighted by atomic mass is 9.71. The lowest BCUT2D eigenvalue weighted by Crippen LogP contribution is -2.38. The molecule has 0 aromatic heterocycles. The Kier molecular flexibility index (Phi) is 6.41. The Bertz CT molecular complexity index is 928. The number of Topliss-reactive ketones (excluding diaryl/α,β-unsaturated/α-hetero) is 1. The normalized spacial score (nSPS) is 25.7. The van der Waals surface area contributed by atoms with Gasteiger partial charge in [0.25, 0.3) is 0 Å². The number of nitrogens with zero attached hydrogens (tertiary/aromatic N) is 1. The SMILES string of the molecule is COc1cccc([C@H]2C3=C(CCCC3=O)N=C(C)C2C(=O)OC[C@H]2CCCO2)c1OC. The molecular formula is C24H29NO6. The third-order valence-corrected chi connectivity index (χ3v) is 6.29. The molecule has 0 spiro atoms. The third-order valence-electron chi connectivity index (χ3n) is 6.29. The summed E-state index contributed by atoms with van der Waals surface area (Å²) in [7, 11) is 3.13. The maximum absolute atomic E-state index is 13.3. The van der Waals surface area contributed by atoms with Crippen LogP contribution in [0.3, 0.4) is 0 Å². The third kappa shape index (κ3) is 4.11. The first-order valence-electron chi connectivity index (χ1n) is 10.9. The standard InChI is InChI=1S/C24H29NO6/c1-14-20(24(27)31-13-15-7-6-12-30-15)21(22-17(25-14)9-5-10-18(22)26)16-8-4-11-19(28-2)23(16)29-3/h4,8,11,15,20-21H,5-7,9-10,12-13H2,1-3H3/t15-,20?,21-/m1/s1. The Balaban J connectivity index is 1.76. The van der Waals surface area contributed by atoms with Gasteiger partial charge in [0, 0.05) is 41.5 Å². The van der Waals surface area contributed by atoms with Crippen molar-refractivity contribution < 1.29 is 28.5 Å². The quantitative estimate of drug-likeness (QED) is 0.645. The van der Waals surface area contributed by atoms with E-state index in [0.29, 0.717) is 35.8 Å². The highest BCUT2D eigenvalue weighted by Crippen LogP contribution is 2.48. The Hall–Kier alpha value is -2.67. The van der Waals surface area contributed by atoms with Crippen molar-refractivity contribution in [3.05, 3.63) is 35.0 Å². The summed E-state index contributed by atoms with van der Waals surface area (Å²) in [4.78, 5) is 31.0. The minimum absolute atomic E-state index is 0.0318. The summed E-state index contributed by atoms with van der Waals surface area (Å²) in [5, 5.41) is 0. The maximum Gasteiger partial charge on any atom is 0.315 e. The largest absolute Gasteiger partial charge is 0.493 e. The van der Waals surface area contributed by atoms with Crippen LogP contribution in [0, 0.1) is 5.92 Å². The molecule has 0 radical (unpaired) electrons. The fraction of sp³-hybridized carbons (Fsp3) is 0.542. The van der Waals surface area contributed by atoms with Crippen molar-refractivity contribution in [1.82, 2.24) is 0 Å². The van der Waals surface area contributed by atoms with Gasteiger partial charge in [-0.15, -0.1) is 0 Å². The van der Waals surface area contributed by atoms with E-state index in [9.17, 15) is 9.59 Å². The van der Waals surface area contributed by atoms with E-state index in [4.69, 9.17) is 18.9 Å². The number of hydrogen-bond donors (Lipinski definition) is 0. The van der Waals surface area contributed by atoms with Crippen LogP contribution in [-0.4, -0.2) is 51.0 Å². The van der Waals surface area contributed by atoms with E-state index >= 15 is 0 Å². The van der Waals surface area contributed by atoms with E-state index in [1.807, 2.05) is 19.1 Å². The summed E-state index contributed by atoms with van der Waals surface area (Å²) in [6.45, 7) is 2.74. The molecule has 1 unspecified atom stereocenters. The Morgan fingerprint density at radius 2 is 2.03 bits per heavy atom. The maximum atomic E-state index is 13.3. The second kappa shape index (κ2) is 9.22. The molecule has 3 atom stereocenters. The van der Waals surface area contributed by atoms with Crippen LogP contribution in [0.25, 0.3) is 0 Å². The van der Waals surface area contributed by atoms with E-state index in [0.717, 1.165) is 36.9 Å². The molecule has 1 fully saturated rings. The number of ketones is 1. The molecule has 0 bridgehead atoms. The Morgan fingerprint density at radius 3 is 2.74 bits per heavy atom. The first-order chi connectivity index (χ1) is 15.0. The molecule has 3 aliphatic rings. The second-order valence-electron chi connectivity index (χ2n) is 8.19. The van der Waals surface area contributed by atoms with Crippen molar-refractivity contribution in [2.24, 2.45) is 10.9 Å². The van der Waals surface area contributed by atoms with Gasteiger partial charge in [0.2, 0.25) is 0 Å². The smallest absolute Gasteiger partial charge is 0.315 e. The molecule has 0 N–H and O–H groups in total. The van der Waals surface area contributed by atoms with Gasteiger partial charge in [-0.3, -0.25) is 14.6 Å². The van der Waals surface area contributed by atoms with Crippen LogP contribution >= 0.6 is 0 Å². The van der Waals surface area contributed by atoms with Crippen LogP contribution in [0.4, 0.5) is 0 Å². The molecule has 7 heteroatoms. The molecular weight excluding hydrogens is 398 g/mol. The summed E-state index contributed by atoms with van der Waals surface area (Å²) in [5.41, 5.74) is 2.76. The van der Waals surface area contributed by atoms with Crippen LogP contribution in [0.5, 0.6) is 11.5 Å². The fourth-order valence-electron chi connectivity index (χ4n) is 4.85. The van der Waals surface area contributed by atoms with E-state index < -0.39 is 17.8 Å². The molecule has 2 heterocycles. The number of esters is 1. The zero-order valence-electron chi connectivity index (χ0n) is 18.3. The zero-order valence-corrected chi connectivity index (χ0v) is 18.3. The van der Waals surface area contributed by atoms with Crippen LogP contribution < -0.4 is 9.47 Å². The number of para-hydroxylation sites is 1. The number of methoxy groups -OCH3 is 2. The number of hydrogen-bond acceptors (Lipinski definition) is 7. The van der Waals surface area contributed by atoms with Crippen molar-refractivity contribution in [3.63, 3.8) is 0 Å². The van der Waals surface area contributed by atoms with Gasteiger partial charge in [0.1, 0.15) is 12.5 Å². The summed E-state index contributed by atoms with van der Waals surface area (Å²) in [6.07, 6.45) is 3.73. The van der Waals surface area contributed by atoms with Gasteiger partial charge in [-0.25, -0.2) is 0 Å². The fourth-order valence-corrected chi connectivity index (χ4v) is 4.85. The minimum Gasteiger partial charge on any atom is -0.493 e. The van der Waals surface area contributed by atoms with Crippen LogP contribution in [-0.2, 0) is 19.1 Å². The first kappa shape index (κ1) is 21.6. The van der Waals surface area contributed by atoms with Gasteiger partial charge in [-0.1, -0.05) is 12.1 Å². The van der Waals surface area contributed by atoms with Crippen LogP contribution in [0.2, 0.25) is 0 Å². The molecule has 31 heavy (non-hydrogen) atoms. The lowest BCUT2D eigenvalue weighted by Gasteiger charge is -2.35. The number of carbonyl (C=O) groups excluding carboxylic acids is 2. The number of benzene rings is 1. The van der Waals surface area contributed by atoms with Gasteiger partial charge in [0.05, 0.1) is 20.3 Å². The number of carbonyl (C=O) groups is 2. The molecule has 1 aliphatic carbocycles. The average molecular weight is 427 g/mol. The van der Waals surface area contributed by atoms with Crippen molar-refractivity contribution in [1.29, 1.82) is 0 Å². The second-order valence-corrected chi connectivity index (χ2v) is 8.19. The first-order valence-corrected chi connectivity index (χ1v) is 10.9. The monoisotopic (exact) mass is 427 g/mol. The van der Waals surface area contributed by atoms with E-state index in [1.54, 1.807) is 20.3 Å². The molecule has 0 saturated carbocycles. The Morgan fingerprint density at radius 1 is 1.19 bits per heavy atom. The zero-order chi connectivity index (χ0) is 22.0. The van der Waals surface area contributed by atoms with Crippen molar-refractivity contribution in [2.75, 3.05) is 27.4 Å². The highest BCUT2D eigenvalue weighted by atomic mass is 16.6. The van der Waals surface area contributed by atoms with Crippen molar-refractivity contribution in [3.8, 4) is 11.5 Å². The van der Waals surface area contributed by atoms with E-state index in [2.05, 4.69) is 4.99 Å². The average Bonchev–Trinajstić information content (AvgIpc) is 3.29. The van der Waals surface area contributed by atoms with E-state index in [1.165, 1.54) is 0 Å². The minimum atomic E-state index is -0.705.